The van der Waals surface area contributed by atoms with E-state index < -0.39 is 6.10 Å². The second-order valence-electron chi connectivity index (χ2n) is 18.0. The molecule has 0 amide bonds. The summed E-state index contributed by atoms with van der Waals surface area (Å²) >= 11 is 0. The van der Waals surface area contributed by atoms with Gasteiger partial charge in [0, 0.05) is 12.8 Å². The molecule has 6 nitrogen and oxygen atoms in total. The second kappa shape index (κ2) is 54.9. The largest absolute Gasteiger partial charge is 0.466 e. The molecule has 0 aromatic rings. The summed E-state index contributed by atoms with van der Waals surface area (Å²) in [5.74, 6) is -0.251. The van der Waals surface area contributed by atoms with Gasteiger partial charge in [-0.2, -0.15) is 0 Å². The monoisotopic (exact) mass is 839 g/mol. The number of carbonyl (C=O) groups is 2. The van der Waals surface area contributed by atoms with E-state index in [1.54, 1.807) is 0 Å². The summed E-state index contributed by atoms with van der Waals surface area (Å²) in [5.41, 5.74) is 0. The summed E-state index contributed by atoms with van der Waals surface area (Å²) in [6.45, 7) is 6.99. The van der Waals surface area contributed by atoms with Crippen LogP contribution in [-0.4, -0.2) is 48.1 Å². The van der Waals surface area contributed by atoms with Crippen LogP contribution in [0.5, 0.6) is 0 Å². The minimum atomic E-state index is -0.955. The molecule has 0 radical (unpaired) electrons. The number of unbranched alkanes of at least 4 members (excludes halogenated alkanes) is 39. The molecule has 0 aliphatic heterocycles. The van der Waals surface area contributed by atoms with E-state index in [9.17, 15) is 9.59 Å². The highest BCUT2D eigenvalue weighted by molar-refractivity contribution is 5.69. The van der Waals surface area contributed by atoms with E-state index in [0.29, 0.717) is 19.4 Å². The summed E-state index contributed by atoms with van der Waals surface area (Å²) in [4.78, 5) is 23.2. The van der Waals surface area contributed by atoms with Crippen molar-refractivity contribution in [3.8, 4) is 0 Å². The van der Waals surface area contributed by atoms with Gasteiger partial charge in [0.1, 0.15) is 12.7 Å². The second-order valence-corrected chi connectivity index (χ2v) is 18.0. The molecule has 0 saturated heterocycles. The van der Waals surface area contributed by atoms with E-state index in [-0.39, 0.29) is 25.2 Å². The van der Waals surface area contributed by atoms with Crippen LogP contribution in [0.3, 0.4) is 0 Å². The number of ether oxygens (including phenoxy) is 2. The Hall–Kier alpha value is -1.14. The first kappa shape index (κ1) is 60.0. The molecule has 354 valence electrons. The van der Waals surface area contributed by atoms with E-state index in [1.165, 1.54) is 244 Å². The van der Waals surface area contributed by atoms with Crippen molar-refractivity contribution in [3.05, 3.63) is 0 Å². The van der Waals surface area contributed by atoms with E-state index in [0.717, 1.165) is 25.7 Å². The zero-order valence-electron chi connectivity index (χ0n) is 40.3. The molecule has 0 aromatic heterocycles. The van der Waals surface area contributed by atoms with Gasteiger partial charge >= 0.3 is 11.9 Å². The van der Waals surface area contributed by atoms with Crippen LogP contribution in [0.15, 0.2) is 0 Å². The van der Waals surface area contributed by atoms with Gasteiger partial charge in [-0.25, -0.2) is 0 Å². The maximum Gasteiger partial charge on any atom is 0.305 e. The highest BCUT2D eigenvalue weighted by atomic mass is 16.5. The van der Waals surface area contributed by atoms with E-state index in [2.05, 4.69) is 20.8 Å². The first-order chi connectivity index (χ1) is 29.0. The smallest absolute Gasteiger partial charge is 0.305 e. The lowest BCUT2D eigenvalue weighted by atomic mass is 10.0. The van der Waals surface area contributed by atoms with Crippen LogP contribution in [-0.2, 0) is 19.1 Å². The lowest BCUT2D eigenvalue weighted by Crippen LogP contribution is -2.21. The maximum absolute atomic E-state index is 11.8. The highest BCUT2D eigenvalue weighted by Crippen LogP contribution is 2.16. The van der Waals surface area contributed by atoms with Crippen molar-refractivity contribution in [2.24, 2.45) is 0 Å². The van der Waals surface area contributed by atoms with Gasteiger partial charge in [0.15, 0.2) is 0 Å². The molecule has 0 aliphatic carbocycles. The molecule has 59 heavy (non-hydrogen) atoms. The van der Waals surface area contributed by atoms with Crippen LogP contribution in [0, 0.1) is 0 Å². The average Bonchev–Trinajstić information content (AvgIpc) is 3.24. The van der Waals surface area contributed by atoms with E-state index in [1.807, 2.05) is 0 Å². The summed E-state index contributed by atoms with van der Waals surface area (Å²) < 4.78 is 10.3. The number of esters is 2. The molecule has 0 bridgehead atoms. The number of carbonyl (C=O) groups excluding carboxylic acids is 2. The molecule has 2 N–H and O–H groups in total. The number of aliphatic hydroxyl groups excluding tert-OH is 2. The van der Waals surface area contributed by atoms with Crippen LogP contribution < -0.4 is 0 Å². The fourth-order valence-corrected chi connectivity index (χ4v) is 7.80. The molecule has 0 spiro atoms. The number of aliphatic hydroxyl groups is 2. The van der Waals surface area contributed by atoms with Gasteiger partial charge in [-0.05, 0) is 19.3 Å². The third kappa shape index (κ3) is 56.9. The Morgan fingerprint density at radius 3 is 0.814 bits per heavy atom. The van der Waals surface area contributed by atoms with Gasteiger partial charge in [-0.15, -0.1) is 0 Å². The Bertz CT molecular complexity index is 788. The fraction of sp³-hybridized carbons (Fsp3) is 0.962. The third-order valence-corrected chi connectivity index (χ3v) is 11.9. The summed E-state index contributed by atoms with van der Waals surface area (Å²) in [6, 6.07) is 0. The molecule has 0 aliphatic rings. The third-order valence-electron chi connectivity index (χ3n) is 11.9. The van der Waals surface area contributed by atoms with Crippen LogP contribution in [0.1, 0.15) is 303 Å². The lowest BCUT2D eigenvalue weighted by molar-refractivity contribution is -0.147. The summed E-state index contributed by atoms with van der Waals surface area (Å²) in [7, 11) is 0. The summed E-state index contributed by atoms with van der Waals surface area (Å²) in [5, 5.41) is 17.8. The van der Waals surface area contributed by atoms with Crippen molar-refractivity contribution >= 4 is 11.9 Å². The Labute approximate surface area is 369 Å². The van der Waals surface area contributed by atoms with Gasteiger partial charge in [0.2, 0.25) is 0 Å². The molecule has 0 aromatic carbocycles. The fourth-order valence-electron chi connectivity index (χ4n) is 7.80. The zero-order valence-corrected chi connectivity index (χ0v) is 40.3. The van der Waals surface area contributed by atoms with Crippen molar-refractivity contribution in [1.29, 1.82) is 0 Å². The van der Waals surface area contributed by atoms with Gasteiger partial charge in [-0.3, -0.25) is 9.59 Å². The predicted octanol–water partition coefficient (Wildman–Crippen LogP) is 16.6. The molecule has 1 atom stereocenters. The molecular weight excluding hydrogens is 733 g/mol. The molecule has 1 unspecified atom stereocenters. The van der Waals surface area contributed by atoms with Gasteiger partial charge in [-0.1, -0.05) is 271 Å². The van der Waals surface area contributed by atoms with Crippen molar-refractivity contribution < 1.29 is 29.3 Å². The SMILES string of the molecule is CCCCCCCCCCCCCCCCCCCCCC(=O)OCC(O)CO.CCCCCCCCCCCCCCOC(=O)CCCCCCCCCCCCC. The maximum atomic E-state index is 11.8. The standard InChI is InChI=1S/C28H56O2.C25H50O4/c1-3-5-7-9-11-13-15-17-19-21-23-25-27-30-28(29)26-24-22-20-18-16-14-12-10-8-6-4-2;1-2-3-4-5-6-7-8-9-10-11-12-13-14-15-16-17-18-19-20-21-25(28)29-23-24(27)22-26/h3-27H2,1-2H3;24,26-27H,2-23H2,1H3. The Kier molecular flexibility index (Phi) is 55.8. The molecule has 0 saturated carbocycles. The van der Waals surface area contributed by atoms with Crippen LogP contribution >= 0.6 is 0 Å². The van der Waals surface area contributed by atoms with Crippen LogP contribution in [0.25, 0.3) is 0 Å². The molecule has 0 rings (SSSR count). The summed E-state index contributed by atoms with van der Waals surface area (Å²) in [6.07, 6.45) is 56.2. The van der Waals surface area contributed by atoms with Crippen LogP contribution in [0.2, 0.25) is 0 Å². The molecular formula is C53H106O6. The van der Waals surface area contributed by atoms with Crippen molar-refractivity contribution in [1.82, 2.24) is 0 Å². The number of hydrogen-bond acceptors (Lipinski definition) is 6. The minimum absolute atomic E-state index is 0.0222. The van der Waals surface area contributed by atoms with E-state index >= 15 is 0 Å². The first-order valence-corrected chi connectivity index (χ1v) is 26.6. The van der Waals surface area contributed by atoms with Gasteiger partial charge < -0.3 is 19.7 Å². The first-order valence-electron chi connectivity index (χ1n) is 26.6. The van der Waals surface area contributed by atoms with Gasteiger partial charge in [0.05, 0.1) is 13.2 Å². The quantitative estimate of drug-likeness (QED) is 0.0468. The Balaban J connectivity index is 0. The van der Waals surface area contributed by atoms with Crippen molar-refractivity contribution in [3.63, 3.8) is 0 Å². The normalized spacial score (nSPS) is 11.7. The molecule has 0 heterocycles. The Morgan fingerprint density at radius 2 is 0.559 bits per heavy atom. The van der Waals surface area contributed by atoms with Crippen molar-refractivity contribution in [2.45, 2.75) is 309 Å². The minimum Gasteiger partial charge on any atom is -0.466 e. The highest BCUT2D eigenvalue weighted by Gasteiger charge is 2.07. The van der Waals surface area contributed by atoms with Gasteiger partial charge in [0.25, 0.3) is 0 Å². The average molecular weight is 839 g/mol. The molecule has 0 fully saturated rings. The predicted molar refractivity (Wildman–Crippen MR) is 255 cm³/mol. The lowest BCUT2D eigenvalue weighted by Gasteiger charge is -2.08. The van der Waals surface area contributed by atoms with Crippen LogP contribution in [0.4, 0.5) is 0 Å². The van der Waals surface area contributed by atoms with Crippen molar-refractivity contribution in [2.75, 3.05) is 19.8 Å². The van der Waals surface area contributed by atoms with E-state index in [4.69, 9.17) is 19.7 Å². The number of hydrogen-bond donors (Lipinski definition) is 2. The zero-order chi connectivity index (χ0) is 43.4. The molecule has 6 heteroatoms. The Morgan fingerprint density at radius 1 is 0.339 bits per heavy atom. The number of rotatable bonds is 48. The topological polar surface area (TPSA) is 93.1 Å².